The molecule has 0 saturated carbocycles. The van der Waals surface area contributed by atoms with Crippen molar-refractivity contribution in [1.82, 2.24) is 10.2 Å². The number of hydrogen-bond acceptors (Lipinski definition) is 3. The van der Waals surface area contributed by atoms with Crippen LogP contribution in [0.2, 0.25) is 0 Å². The standard InChI is InChI=1S/C19H25N.C15H27NS.C6H12.C2H6/c1-5-9-18-14-20(13-12-16(18)4)19(15(2)3)17-10-7-6-8-11-17;1-11(2)13(5)8-9-14(6)16-15(10-17-7)12(3)4;1-4-5-6(2)3;1-2/h5-11,16,19H,1-2,12-14H2,3-4H3;13,15-16H,1,3,6,8-10H2,2,4-5,7H3;2,4-5H2,1,3H3;1-2H3/b18-9-;;;. The van der Waals surface area contributed by atoms with Gasteiger partial charge in [0.2, 0.25) is 0 Å². The number of allylic oxidation sites excluding steroid dienone is 5. The molecule has 1 aliphatic rings. The number of thioether (sulfide) groups is 1. The van der Waals surface area contributed by atoms with Crippen LogP contribution in [0.3, 0.4) is 0 Å². The summed E-state index contributed by atoms with van der Waals surface area (Å²) in [5, 5.41) is 3.47. The number of nitrogens with one attached hydrogen (secondary N) is 1. The van der Waals surface area contributed by atoms with Crippen molar-refractivity contribution in [1.29, 1.82) is 0 Å². The molecule has 3 heteroatoms. The van der Waals surface area contributed by atoms with Crippen LogP contribution >= 0.6 is 11.8 Å². The first kappa shape index (κ1) is 44.6. The second-order valence-electron chi connectivity index (χ2n) is 12.4. The molecule has 45 heavy (non-hydrogen) atoms. The number of hydrogen-bond donors (Lipinski definition) is 1. The minimum absolute atomic E-state index is 0.317. The molecule has 254 valence electrons. The van der Waals surface area contributed by atoms with Gasteiger partial charge in [0.1, 0.15) is 0 Å². The lowest BCUT2D eigenvalue weighted by atomic mass is 9.89. The highest BCUT2D eigenvalue weighted by Gasteiger charge is 2.27. The van der Waals surface area contributed by atoms with E-state index in [9.17, 15) is 0 Å². The van der Waals surface area contributed by atoms with Crippen molar-refractivity contribution >= 4 is 11.8 Å². The molecule has 0 radical (unpaired) electrons. The van der Waals surface area contributed by atoms with E-state index in [1.165, 1.54) is 52.7 Å². The highest BCUT2D eigenvalue weighted by Crippen LogP contribution is 2.33. The summed E-state index contributed by atoms with van der Waals surface area (Å²) in [5.41, 5.74) is 8.86. The van der Waals surface area contributed by atoms with Gasteiger partial charge in [-0.25, -0.2) is 0 Å². The molecule has 4 atom stereocenters. The number of benzene rings is 1. The molecule has 0 aliphatic carbocycles. The van der Waals surface area contributed by atoms with Crippen LogP contribution in [0, 0.1) is 11.8 Å². The molecule has 1 fully saturated rings. The summed E-state index contributed by atoms with van der Waals surface area (Å²) < 4.78 is 0. The first-order valence-electron chi connectivity index (χ1n) is 16.9. The number of piperidine rings is 1. The van der Waals surface area contributed by atoms with Gasteiger partial charge >= 0.3 is 0 Å². The van der Waals surface area contributed by atoms with E-state index in [4.69, 9.17) is 0 Å². The largest absolute Gasteiger partial charge is 0.382 e. The smallest absolute Gasteiger partial charge is 0.0558 e. The van der Waals surface area contributed by atoms with Gasteiger partial charge in [-0.3, -0.25) is 4.90 Å². The number of likely N-dealkylation sites (tertiary alicyclic amines) is 1. The maximum atomic E-state index is 4.22. The maximum absolute atomic E-state index is 4.22. The SMILES string of the molecule is C=C(C)CCC.C=C(CCC(C)C(=C)C)NC(CSC)C(=C)C.C=C/C=C1/CN(C(C(=C)C)c2ccccc2)CCC1C.CC. The van der Waals surface area contributed by atoms with Gasteiger partial charge < -0.3 is 5.32 Å². The van der Waals surface area contributed by atoms with E-state index < -0.39 is 0 Å². The highest BCUT2D eigenvalue weighted by molar-refractivity contribution is 7.98. The van der Waals surface area contributed by atoms with Gasteiger partial charge in [-0.15, -0.1) is 6.58 Å². The molecule has 1 aromatic rings. The van der Waals surface area contributed by atoms with Crippen molar-refractivity contribution in [2.24, 2.45) is 11.8 Å². The lowest BCUT2D eigenvalue weighted by Crippen LogP contribution is -2.38. The van der Waals surface area contributed by atoms with Crippen LogP contribution in [0.1, 0.15) is 106 Å². The van der Waals surface area contributed by atoms with E-state index in [-0.39, 0.29) is 0 Å². The van der Waals surface area contributed by atoms with E-state index >= 15 is 0 Å². The van der Waals surface area contributed by atoms with Crippen LogP contribution in [-0.4, -0.2) is 36.0 Å². The minimum Gasteiger partial charge on any atom is -0.382 e. The molecule has 2 nitrogen and oxygen atoms in total. The quantitative estimate of drug-likeness (QED) is 0.193. The topological polar surface area (TPSA) is 15.3 Å². The maximum Gasteiger partial charge on any atom is 0.0558 e. The Bertz CT molecular complexity index is 1050. The van der Waals surface area contributed by atoms with Gasteiger partial charge in [0.15, 0.2) is 0 Å². The summed E-state index contributed by atoms with van der Waals surface area (Å²) in [6.07, 6.45) is 11.9. The van der Waals surface area contributed by atoms with Crippen LogP contribution in [0.15, 0.2) is 116 Å². The Hall–Kier alpha value is -2.49. The van der Waals surface area contributed by atoms with E-state index in [0.717, 1.165) is 37.4 Å². The van der Waals surface area contributed by atoms with Crippen LogP contribution in [0.4, 0.5) is 0 Å². The molecule has 1 aromatic carbocycles. The first-order valence-corrected chi connectivity index (χ1v) is 18.3. The Morgan fingerprint density at radius 2 is 1.58 bits per heavy atom. The fourth-order valence-electron chi connectivity index (χ4n) is 4.90. The van der Waals surface area contributed by atoms with Crippen molar-refractivity contribution in [3.05, 3.63) is 121 Å². The summed E-state index contributed by atoms with van der Waals surface area (Å²) >= 11 is 1.83. The predicted molar refractivity (Wildman–Crippen MR) is 211 cm³/mol. The third-order valence-corrected chi connectivity index (χ3v) is 8.52. The van der Waals surface area contributed by atoms with Gasteiger partial charge in [0.25, 0.3) is 0 Å². The Labute approximate surface area is 285 Å². The van der Waals surface area contributed by atoms with E-state index in [0.29, 0.717) is 23.9 Å². The number of nitrogens with zero attached hydrogens (tertiary/aromatic N) is 1. The van der Waals surface area contributed by atoms with Crippen molar-refractivity contribution < 1.29 is 0 Å². The zero-order valence-corrected chi connectivity index (χ0v) is 31.9. The van der Waals surface area contributed by atoms with Gasteiger partial charge in [0, 0.05) is 18.0 Å². The molecule has 1 N–H and O–H groups in total. The molecule has 0 spiro atoms. The molecular weight excluding hydrogens is 565 g/mol. The van der Waals surface area contributed by atoms with Crippen LogP contribution in [0.25, 0.3) is 0 Å². The van der Waals surface area contributed by atoms with E-state index in [1.807, 2.05) is 31.7 Å². The second-order valence-corrected chi connectivity index (χ2v) is 13.3. The normalized spacial score (nSPS) is 16.9. The van der Waals surface area contributed by atoms with Crippen molar-refractivity contribution in [3.8, 4) is 0 Å². The molecule has 2 rings (SSSR count). The fraction of sp³-hybridized carbons (Fsp3) is 0.524. The van der Waals surface area contributed by atoms with Crippen LogP contribution in [0.5, 0.6) is 0 Å². The molecule has 4 unspecified atom stereocenters. The molecular formula is C42H70N2S. The molecule has 0 aromatic heterocycles. The monoisotopic (exact) mass is 635 g/mol. The zero-order chi connectivity index (χ0) is 34.9. The summed E-state index contributed by atoms with van der Waals surface area (Å²) in [5.74, 6) is 2.27. The Kier molecular flexibility index (Phi) is 26.5. The summed E-state index contributed by atoms with van der Waals surface area (Å²) in [6.45, 7) is 45.1. The van der Waals surface area contributed by atoms with Gasteiger partial charge in [-0.1, -0.05) is 144 Å². The second kappa shape index (κ2) is 26.7. The van der Waals surface area contributed by atoms with Crippen LogP contribution in [-0.2, 0) is 0 Å². The zero-order valence-electron chi connectivity index (χ0n) is 31.1. The molecule has 0 bridgehead atoms. The molecule has 0 amide bonds. The fourth-order valence-corrected chi connectivity index (χ4v) is 5.60. The van der Waals surface area contributed by atoms with Gasteiger partial charge in [-0.2, -0.15) is 11.8 Å². The van der Waals surface area contributed by atoms with Crippen molar-refractivity contribution in [2.45, 2.75) is 107 Å². The predicted octanol–water partition coefficient (Wildman–Crippen LogP) is 12.5. The highest BCUT2D eigenvalue weighted by atomic mass is 32.2. The van der Waals surface area contributed by atoms with E-state index in [2.05, 4.69) is 141 Å². The van der Waals surface area contributed by atoms with Crippen molar-refractivity contribution in [2.75, 3.05) is 25.1 Å². The third kappa shape index (κ3) is 20.3. The summed E-state index contributed by atoms with van der Waals surface area (Å²) in [4.78, 5) is 2.53. The van der Waals surface area contributed by atoms with E-state index in [1.54, 1.807) is 0 Å². The van der Waals surface area contributed by atoms with Gasteiger partial charge in [0.05, 0.1) is 12.1 Å². The Balaban J connectivity index is 0. The molecule has 1 saturated heterocycles. The average Bonchev–Trinajstić information content (AvgIpc) is 2.99. The number of rotatable bonds is 15. The Morgan fingerprint density at radius 1 is 0.978 bits per heavy atom. The molecule has 1 aliphatic heterocycles. The van der Waals surface area contributed by atoms with Crippen molar-refractivity contribution in [3.63, 3.8) is 0 Å². The summed E-state index contributed by atoms with van der Waals surface area (Å²) in [6, 6.07) is 11.4. The molecule has 1 heterocycles. The summed E-state index contributed by atoms with van der Waals surface area (Å²) in [7, 11) is 0. The average molecular weight is 635 g/mol. The lowest BCUT2D eigenvalue weighted by Gasteiger charge is -2.39. The lowest BCUT2D eigenvalue weighted by molar-refractivity contribution is 0.196. The minimum atomic E-state index is 0.317. The van der Waals surface area contributed by atoms with Gasteiger partial charge in [-0.05, 0) is 83.6 Å². The first-order chi connectivity index (χ1) is 21.3. The Morgan fingerprint density at radius 3 is 2.00 bits per heavy atom. The van der Waals surface area contributed by atoms with Crippen LogP contribution < -0.4 is 5.32 Å². The third-order valence-electron chi connectivity index (χ3n) is 7.85.